The summed E-state index contributed by atoms with van der Waals surface area (Å²) in [6.45, 7) is 0. The van der Waals surface area contributed by atoms with Crippen LogP contribution in [0.3, 0.4) is 0 Å². The van der Waals surface area contributed by atoms with Gasteiger partial charge in [0.25, 0.3) is 0 Å². The number of rotatable bonds is 5. The summed E-state index contributed by atoms with van der Waals surface area (Å²) in [5.74, 6) is -4.74. The van der Waals surface area contributed by atoms with Crippen LogP contribution in [0.25, 0.3) is 0 Å². The number of carbonyl (C=O) groups excluding carboxylic acids is 1. The molecule has 2 atom stereocenters. The third-order valence-corrected chi connectivity index (χ3v) is 2.44. The second kappa shape index (κ2) is 6.17. The van der Waals surface area contributed by atoms with E-state index in [1.165, 1.54) is 18.2 Å². The van der Waals surface area contributed by atoms with Crippen molar-refractivity contribution in [2.24, 2.45) is 0 Å². The highest BCUT2D eigenvalue weighted by Crippen LogP contribution is 2.17. The Hall–Kier alpha value is -2.12. The van der Waals surface area contributed by atoms with E-state index < -0.39 is 30.1 Å². The van der Waals surface area contributed by atoms with Gasteiger partial charge in [0.1, 0.15) is 0 Å². The summed E-state index contributed by atoms with van der Waals surface area (Å²) in [5, 5.41) is 26.4. The highest BCUT2D eigenvalue weighted by Gasteiger charge is 2.36. The summed E-state index contributed by atoms with van der Waals surface area (Å²) in [4.78, 5) is 32.9. The molecule has 8 heteroatoms. The van der Waals surface area contributed by atoms with Gasteiger partial charge < -0.3 is 20.1 Å². The van der Waals surface area contributed by atoms with E-state index in [0.29, 0.717) is 0 Å². The highest BCUT2D eigenvalue weighted by molar-refractivity contribution is 6.33. The molecule has 0 amide bonds. The van der Waals surface area contributed by atoms with Gasteiger partial charge in [0, 0.05) is 0 Å². The molecule has 0 aliphatic rings. The standard InChI is InChI=1S/C11H9ClO7/c12-6-4-2-1-3-5(6)11(18)19-8(10(16)17)7(13)9(14)15/h1-4,7-8,13H,(H,14,15)(H,16,17)/t7-,8-/m1/s1. The fourth-order valence-corrected chi connectivity index (χ4v) is 1.40. The van der Waals surface area contributed by atoms with Gasteiger partial charge in [-0.1, -0.05) is 23.7 Å². The average molecular weight is 289 g/mol. The lowest BCUT2D eigenvalue weighted by atomic mass is 10.2. The van der Waals surface area contributed by atoms with Crippen molar-refractivity contribution < 1.29 is 34.4 Å². The molecular weight excluding hydrogens is 280 g/mol. The van der Waals surface area contributed by atoms with Crippen molar-refractivity contribution in [3.8, 4) is 0 Å². The zero-order valence-corrected chi connectivity index (χ0v) is 10.1. The second-order valence-corrected chi connectivity index (χ2v) is 3.83. The van der Waals surface area contributed by atoms with Crippen LogP contribution in [0.4, 0.5) is 0 Å². The first-order valence-electron chi connectivity index (χ1n) is 4.93. The van der Waals surface area contributed by atoms with Crippen LogP contribution in [0.1, 0.15) is 10.4 Å². The molecule has 0 saturated carbocycles. The van der Waals surface area contributed by atoms with E-state index in [2.05, 4.69) is 4.74 Å². The van der Waals surface area contributed by atoms with Gasteiger partial charge >= 0.3 is 17.9 Å². The van der Waals surface area contributed by atoms with Gasteiger partial charge in [-0.05, 0) is 12.1 Å². The molecule has 0 bridgehead atoms. The molecule has 0 spiro atoms. The maximum atomic E-state index is 11.6. The van der Waals surface area contributed by atoms with E-state index in [-0.39, 0.29) is 10.6 Å². The number of carboxylic acids is 2. The highest BCUT2D eigenvalue weighted by atomic mass is 35.5. The van der Waals surface area contributed by atoms with Crippen LogP contribution in [0.2, 0.25) is 5.02 Å². The molecule has 1 aromatic rings. The number of aliphatic hydroxyl groups is 1. The van der Waals surface area contributed by atoms with E-state index in [1.807, 2.05) is 0 Å². The number of aliphatic carboxylic acids is 2. The maximum Gasteiger partial charge on any atom is 0.348 e. The van der Waals surface area contributed by atoms with E-state index in [9.17, 15) is 14.4 Å². The Morgan fingerprint density at radius 3 is 2.16 bits per heavy atom. The Labute approximate surface area is 112 Å². The lowest BCUT2D eigenvalue weighted by Gasteiger charge is -2.16. The number of hydrogen-bond donors (Lipinski definition) is 3. The first-order valence-corrected chi connectivity index (χ1v) is 5.31. The minimum Gasteiger partial charge on any atom is -0.479 e. The molecule has 19 heavy (non-hydrogen) atoms. The molecule has 0 aromatic heterocycles. The monoisotopic (exact) mass is 288 g/mol. The van der Waals surface area contributed by atoms with E-state index in [0.717, 1.165) is 0 Å². The number of halogens is 1. The minimum atomic E-state index is -2.37. The molecule has 3 N–H and O–H groups in total. The van der Waals surface area contributed by atoms with Gasteiger partial charge in [-0.15, -0.1) is 0 Å². The van der Waals surface area contributed by atoms with Gasteiger partial charge in [0.15, 0.2) is 6.10 Å². The van der Waals surface area contributed by atoms with Crippen molar-refractivity contribution in [2.75, 3.05) is 0 Å². The van der Waals surface area contributed by atoms with Crippen molar-refractivity contribution in [1.29, 1.82) is 0 Å². The molecular formula is C11H9ClO7. The summed E-state index contributed by atoms with van der Waals surface area (Å²) in [5.41, 5.74) is -0.131. The van der Waals surface area contributed by atoms with Gasteiger partial charge in [0.2, 0.25) is 6.10 Å². The number of carbonyl (C=O) groups is 3. The summed E-state index contributed by atoms with van der Waals surface area (Å²) in [6, 6.07) is 5.66. The van der Waals surface area contributed by atoms with E-state index in [1.54, 1.807) is 6.07 Å². The smallest absolute Gasteiger partial charge is 0.348 e. The topological polar surface area (TPSA) is 121 Å². The number of esters is 1. The molecule has 0 heterocycles. The zero-order chi connectivity index (χ0) is 14.6. The summed E-state index contributed by atoms with van der Waals surface area (Å²) in [6.07, 6.45) is -4.59. The molecule has 1 rings (SSSR count). The van der Waals surface area contributed by atoms with Gasteiger partial charge in [-0.2, -0.15) is 0 Å². The van der Waals surface area contributed by atoms with Crippen LogP contribution in [0, 0.1) is 0 Å². The molecule has 102 valence electrons. The van der Waals surface area contributed by atoms with Gasteiger partial charge in [-0.25, -0.2) is 14.4 Å². The van der Waals surface area contributed by atoms with Crippen molar-refractivity contribution in [3.63, 3.8) is 0 Å². The Kier molecular flexibility index (Phi) is 4.85. The van der Waals surface area contributed by atoms with Crippen LogP contribution < -0.4 is 0 Å². The zero-order valence-electron chi connectivity index (χ0n) is 9.32. The Morgan fingerprint density at radius 2 is 1.68 bits per heavy atom. The number of ether oxygens (including phenoxy) is 1. The van der Waals surface area contributed by atoms with E-state index >= 15 is 0 Å². The molecule has 0 unspecified atom stereocenters. The SMILES string of the molecule is O=C(O[C@@H](C(=O)O)[C@@H](O)C(=O)O)c1ccccc1Cl. The largest absolute Gasteiger partial charge is 0.479 e. The van der Waals surface area contributed by atoms with Gasteiger partial charge in [0.05, 0.1) is 10.6 Å². The molecule has 7 nitrogen and oxygen atoms in total. The molecule has 0 radical (unpaired) electrons. The average Bonchev–Trinajstić information content (AvgIpc) is 2.34. The maximum absolute atomic E-state index is 11.6. The quantitative estimate of drug-likeness (QED) is 0.670. The van der Waals surface area contributed by atoms with Crippen molar-refractivity contribution in [2.45, 2.75) is 12.2 Å². The predicted octanol–water partition coefficient (Wildman–Crippen LogP) is 0.395. The second-order valence-electron chi connectivity index (χ2n) is 3.43. The minimum absolute atomic E-state index is 0.0152. The predicted molar refractivity (Wildman–Crippen MR) is 61.9 cm³/mol. The Bertz CT molecular complexity index is 514. The van der Waals surface area contributed by atoms with Crippen molar-refractivity contribution in [1.82, 2.24) is 0 Å². The first-order chi connectivity index (χ1) is 8.84. The fourth-order valence-electron chi connectivity index (χ4n) is 1.18. The number of benzene rings is 1. The molecule has 0 aliphatic heterocycles. The van der Waals surface area contributed by atoms with Crippen LogP contribution in [-0.2, 0) is 14.3 Å². The van der Waals surface area contributed by atoms with Crippen LogP contribution >= 0.6 is 11.6 Å². The summed E-state index contributed by atoms with van der Waals surface area (Å²) in [7, 11) is 0. The molecule has 0 aliphatic carbocycles. The molecule has 1 aromatic carbocycles. The Balaban J connectivity index is 2.92. The number of carboxylic acid groups (broad SMARTS) is 2. The van der Waals surface area contributed by atoms with Crippen LogP contribution in [-0.4, -0.2) is 45.4 Å². The van der Waals surface area contributed by atoms with Crippen molar-refractivity contribution >= 4 is 29.5 Å². The first kappa shape index (κ1) is 14.9. The number of hydrogen-bond acceptors (Lipinski definition) is 5. The normalized spacial score (nSPS) is 13.4. The Morgan fingerprint density at radius 1 is 1.11 bits per heavy atom. The lowest BCUT2D eigenvalue weighted by Crippen LogP contribution is -2.43. The molecule has 0 fully saturated rings. The third kappa shape index (κ3) is 3.67. The third-order valence-electron chi connectivity index (χ3n) is 2.11. The number of aliphatic hydroxyl groups excluding tert-OH is 1. The fraction of sp³-hybridized carbons (Fsp3) is 0.182. The van der Waals surface area contributed by atoms with Crippen molar-refractivity contribution in [3.05, 3.63) is 34.9 Å². The lowest BCUT2D eigenvalue weighted by molar-refractivity contribution is -0.166. The van der Waals surface area contributed by atoms with Crippen LogP contribution in [0.15, 0.2) is 24.3 Å². The van der Waals surface area contributed by atoms with E-state index in [4.69, 9.17) is 26.9 Å². The molecule has 0 saturated heterocycles. The summed E-state index contributed by atoms with van der Waals surface area (Å²) < 4.78 is 4.45. The van der Waals surface area contributed by atoms with Crippen LogP contribution in [0.5, 0.6) is 0 Å². The van der Waals surface area contributed by atoms with Gasteiger partial charge in [-0.3, -0.25) is 0 Å². The summed E-state index contributed by atoms with van der Waals surface area (Å²) >= 11 is 5.70.